The maximum Gasteiger partial charge on any atom is 0.258 e. The van der Waals surface area contributed by atoms with Gasteiger partial charge in [0.2, 0.25) is 0 Å². The van der Waals surface area contributed by atoms with Crippen LogP contribution < -0.4 is 10.4 Å². The molecular weight excluding hydrogens is 613 g/mol. The van der Waals surface area contributed by atoms with Crippen molar-refractivity contribution in [3.63, 3.8) is 0 Å². The SMILES string of the molecule is CC(C)=CCC/C(C)=C/C(C/C(C)=C\CC/C(C)=C\CCC(C)(C)[Si](O)(c1ccccc1)c1ccccc1)S(=O)(=O)c1ccccc1. The van der Waals surface area contributed by atoms with Crippen LogP contribution in [0.4, 0.5) is 0 Å². The van der Waals surface area contributed by atoms with Gasteiger partial charge < -0.3 is 4.80 Å². The van der Waals surface area contributed by atoms with Crippen LogP contribution in [0.5, 0.6) is 0 Å². The molecule has 1 N–H and O–H groups in total. The van der Waals surface area contributed by atoms with E-state index in [4.69, 9.17) is 0 Å². The highest BCUT2D eigenvalue weighted by Gasteiger charge is 2.49. The molecule has 1 unspecified atom stereocenters. The summed E-state index contributed by atoms with van der Waals surface area (Å²) in [4.78, 5) is 12.8. The molecule has 5 heteroatoms. The van der Waals surface area contributed by atoms with E-state index in [9.17, 15) is 13.2 Å². The molecule has 47 heavy (non-hydrogen) atoms. The first kappa shape index (κ1) is 38.2. The summed E-state index contributed by atoms with van der Waals surface area (Å²) in [5.41, 5.74) is 4.80. The smallest absolute Gasteiger partial charge is 0.258 e. The Morgan fingerprint density at radius 2 is 1.15 bits per heavy atom. The molecular formula is C42H56O3SSi. The van der Waals surface area contributed by atoms with Crippen LogP contribution in [-0.4, -0.2) is 26.8 Å². The topological polar surface area (TPSA) is 54.4 Å². The number of rotatable bonds is 17. The number of sulfone groups is 1. The van der Waals surface area contributed by atoms with Gasteiger partial charge in [0.1, 0.15) is 0 Å². The average Bonchev–Trinajstić information content (AvgIpc) is 3.05. The predicted octanol–water partition coefficient (Wildman–Crippen LogP) is 9.90. The lowest BCUT2D eigenvalue weighted by Crippen LogP contribution is -2.65. The normalized spacial score (nSPS) is 14.2. The number of benzene rings is 3. The Bertz CT molecular complexity index is 1590. The van der Waals surface area contributed by atoms with E-state index in [0.717, 1.165) is 60.0 Å². The Morgan fingerprint density at radius 1 is 0.681 bits per heavy atom. The molecule has 0 aliphatic carbocycles. The molecule has 0 fully saturated rings. The van der Waals surface area contributed by atoms with Crippen molar-refractivity contribution in [2.45, 2.75) is 109 Å². The second kappa shape index (κ2) is 17.8. The molecule has 0 saturated carbocycles. The van der Waals surface area contributed by atoms with E-state index in [2.05, 4.69) is 84.0 Å². The predicted molar refractivity (Wildman–Crippen MR) is 205 cm³/mol. The fourth-order valence-electron chi connectivity index (χ4n) is 6.25. The maximum absolute atomic E-state index is 13.7. The van der Waals surface area contributed by atoms with Crippen molar-refractivity contribution in [1.82, 2.24) is 0 Å². The molecule has 3 rings (SSSR count). The molecule has 0 aliphatic rings. The van der Waals surface area contributed by atoms with E-state index < -0.39 is 23.4 Å². The van der Waals surface area contributed by atoms with Crippen LogP contribution >= 0.6 is 0 Å². The van der Waals surface area contributed by atoms with Crippen LogP contribution in [0, 0.1) is 0 Å². The second-order valence-electron chi connectivity index (χ2n) is 13.9. The minimum absolute atomic E-state index is 0.278. The number of allylic oxidation sites excluding steroid dienone is 7. The van der Waals surface area contributed by atoms with Crippen molar-refractivity contribution in [3.05, 3.63) is 138 Å². The van der Waals surface area contributed by atoms with Gasteiger partial charge in [0.15, 0.2) is 9.84 Å². The summed E-state index contributed by atoms with van der Waals surface area (Å²) in [6.07, 6.45) is 14.5. The van der Waals surface area contributed by atoms with E-state index in [1.807, 2.05) is 55.5 Å². The molecule has 3 aromatic carbocycles. The van der Waals surface area contributed by atoms with Crippen molar-refractivity contribution in [1.29, 1.82) is 0 Å². The van der Waals surface area contributed by atoms with E-state index in [1.165, 1.54) is 11.1 Å². The zero-order valence-corrected chi connectivity index (χ0v) is 31.5. The lowest BCUT2D eigenvalue weighted by Gasteiger charge is -2.41. The zero-order chi connectivity index (χ0) is 34.5. The molecule has 0 amide bonds. The Labute approximate surface area is 286 Å². The van der Waals surface area contributed by atoms with Gasteiger partial charge in [0, 0.05) is 0 Å². The van der Waals surface area contributed by atoms with E-state index >= 15 is 0 Å². The molecule has 0 aromatic heterocycles. The molecule has 0 aliphatic heterocycles. The van der Waals surface area contributed by atoms with Gasteiger partial charge in [-0.25, -0.2) is 8.42 Å². The van der Waals surface area contributed by atoms with Gasteiger partial charge in [0.05, 0.1) is 10.1 Å². The summed E-state index contributed by atoms with van der Waals surface area (Å²) >= 11 is 0. The largest absolute Gasteiger partial charge is 0.424 e. The first-order valence-electron chi connectivity index (χ1n) is 17.0. The first-order valence-corrected chi connectivity index (χ1v) is 20.5. The highest BCUT2D eigenvalue weighted by atomic mass is 32.2. The Hall–Kier alpha value is -3.25. The third-order valence-electron chi connectivity index (χ3n) is 9.21. The van der Waals surface area contributed by atoms with Crippen LogP contribution in [0.2, 0.25) is 5.04 Å². The molecule has 3 aromatic rings. The lowest BCUT2D eigenvalue weighted by atomic mass is 10.0. The molecule has 0 heterocycles. The summed E-state index contributed by atoms with van der Waals surface area (Å²) < 4.78 is 27.4. The van der Waals surface area contributed by atoms with Crippen LogP contribution in [0.1, 0.15) is 93.4 Å². The van der Waals surface area contributed by atoms with Gasteiger partial charge in [-0.05, 0) is 107 Å². The Morgan fingerprint density at radius 3 is 1.68 bits per heavy atom. The molecule has 0 bridgehead atoms. The molecule has 3 nitrogen and oxygen atoms in total. The van der Waals surface area contributed by atoms with Crippen LogP contribution in [0.3, 0.4) is 0 Å². The molecule has 0 radical (unpaired) electrons. The van der Waals surface area contributed by atoms with Crippen LogP contribution in [-0.2, 0) is 9.84 Å². The number of hydrogen-bond acceptors (Lipinski definition) is 3. The Balaban J connectivity index is 1.68. The third-order valence-corrected chi connectivity index (χ3v) is 15.8. The van der Waals surface area contributed by atoms with Crippen molar-refractivity contribution < 1.29 is 13.2 Å². The van der Waals surface area contributed by atoms with Gasteiger partial charge >= 0.3 is 0 Å². The van der Waals surface area contributed by atoms with Crippen molar-refractivity contribution in [3.8, 4) is 0 Å². The summed E-state index contributed by atoms with van der Waals surface area (Å²) in [6, 6.07) is 29.2. The molecule has 252 valence electrons. The Kier molecular flexibility index (Phi) is 14.4. The maximum atomic E-state index is 13.7. The van der Waals surface area contributed by atoms with Gasteiger partial charge in [0.25, 0.3) is 8.32 Å². The fraction of sp³-hybridized carbons (Fsp3) is 0.381. The third kappa shape index (κ3) is 10.9. The standard InChI is InChI=1S/C42H56O3SSi/c1-34(2)20-17-22-36(4)32-39(46(43,44)38-25-11-8-12-26-38)33-37(5)23-18-21-35(3)24-19-31-42(6,7)47(45,40-27-13-9-14-28-40)41-29-15-10-16-30-41/h8-16,20,23-30,32,39,45H,17-19,21-22,31,33H2,1-7H3/b35-24-,36-32+,37-23-. The molecule has 1 atom stereocenters. The van der Waals surface area contributed by atoms with Crippen molar-refractivity contribution in [2.24, 2.45) is 0 Å². The quantitative estimate of drug-likeness (QED) is 0.115. The first-order chi connectivity index (χ1) is 22.3. The summed E-state index contributed by atoms with van der Waals surface area (Å²) in [7, 11) is -6.53. The lowest BCUT2D eigenvalue weighted by molar-refractivity contribution is 0.468. The average molecular weight is 669 g/mol. The van der Waals surface area contributed by atoms with Crippen LogP contribution in [0.25, 0.3) is 0 Å². The summed E-state index contributed by atoms with van der Waals surface area (Å²) in [6.45, 7) is 14.9. The minimum Gasteiger partial charge on any atom is -0.424 e. The summed E-state index contributed by atoms with van der Waals surface area (Å²) in [5.74, 6) is 0. The zero-order valence-electron chi connectivity index (χ0n) is 29.7. The van der Waals surface area contributed by atoms with E-state index in [0.29, 0.717) is 11.3 Å². The van der Waals surface area contributed by atoms with E-state index in [1.54, 1.807) is 24.3 Å². The van der Waals surface area contributed by atoms with Crippen molar-refractivity contribution >= 4 is 28.5 Å². The van der Waals surface area contributed by atoms with Gasteiger partial charge in [-0.1, -0.05) is 139 Å². The van der Waals surface area contributed by atoms with Crippen molar-refractivity contribution in [2.75, 3.05) is 0 Å². The number of hydrogen-bond donors (Lipinski definition) is 1. The monoisotopic (exact) mass is 668 g/mol. The van der Waals surface area contributed by atoms with Gasteiger partial charge in [-0.15, -0.1) is 0 Å². The highest BCUT2D eigenvalue weighted by molar-refractivity contribution is 7.92. The minimum atomic E-state index is -3.51. The van der Waals surface area contributed by atoms with Gasteiger partial charge in [-0.2, -0.15) is 0 Å². The second-order valence-corrected chi connectivity index (χ2v) is 20.0. The van der Waals surface area contributed by atoms with Gasteiger partial charge in [-0.3, -0.25) is 0 Å². The summed E-state index contributed by atoms with van der Waals surface area (Å²) in [5, 5.41) is 1.22. The highest BCUT2D eigenvalue weighted by Crippen LogP contribution is 2.40. The fourth-order valence-corrected chi connectivity index (χ4v) is 11.8. The molecule has 0 spiro atoms. The molecule has 0 saturated heterocycles. The van der Waals surface area contributed by atoms with Crippen LogP contribution in [0.15, 0.2) is 142 Å². The van der Waals surface area contributed by atoms with E-state index in [-0.39, 0.29) is 5.04 Å².